The number of rotatable bonds is 2. The Morgan fingerprint density at radius 2 is 1.79 bits per heavy atom. The number of benzene rings is 2. The summed E-state index contributed by atoms with van der Waals surface area (Å²) in [7, 11) is 0. The maximum absolute atomic E-state index is 10.7. The van der Waals surface area contributed by atoms with Gasteiger partial charge in [0.05, 0.1) is 11.9 Å². The molecular weight excluding hydrogens is 331 g/mol. The molecule has 24 heavy (non-hydrogen) atoms. The minimum absolute atomic E-state index is 0.544. The number of carboxylic acids is 1. The maximum atomic E-state index is 10.7. The van der Waals surface area contributed by atoms with E-state index < -0.39 is 18.2 Å². The van der Waals surface area contributed by atoms with Crippen LogP contribution in [0.3, 0.4) is 0 Å². The van der Waals surface area contributed by atoms with Crippen LogP contribution >= 0.6 is 0 Å². The molecule has 0 heterocycles. The molecule has 0 bridgehead atoms. The molecule has 0 fully saturated rings. The lowest BCUT2D eigenvalue weighted by Gasteiger charge is -2.06. The summed E-state index contributed by atoms with van der Waals surface area (Å²) in [4.78, 5) is 19.6. The fraction of sp³-hybridized carbons (Fsp3) is 0.0714. The standard InChI is InChI=1S/C12H11N3O2.C2HF3O2/c13-14-7-8-4-5-9-2-1-3-11(10(9)6-8)15-12(16)17;3-2(4,5)1(6)7/h1-7,15H,13H2,(H,16,17);(H,6,7). The van der Waals surface area contributed by atoms with Crippen LogP contribution in [0, 0.1) is 0 Å². The van der Waals surface area contributed by atoms with E-state index in [4.69, 9.17) is 20.9 Å². The number of amides is 1. The van der Waals surface area contributed by atoms with Crippen LogP contribution in [-0.2, 0) is 4.79 Å². The van der Waals surface area contributed by atoms with Gasteiger partial charge in [0.1, 0.15) is 0 Å². The summed E-state index contributed by atoms with van der Waals surface area (Å²) in [6.45, 7) is 0. The Bertz CT molecular complexity index is 775. The summed E-state index contributed by atoms with van der Waals surface area (Å²) < 4.78 is 31.7. The van der Waals surface area contributed by atoms with Gasteiger partial charge in [-0.05, 0) is 23.1 Å². The highest BCUT2D eigenvalue weighted by Gasteiger charge is 2.38. The third-order valence-corrected chi connectivity index (χ3v) is 2.61. The van der Waals surface area contributed by atoms with Gasteiger partial charge in [0.25, 0.3) is 0 Å². The number of nitrogens with zero attached hydrogens (tertiary/aromatic N) is 1. The van der Waals surface area contributed by atoms with Crippen molar-refractivity contribution in [3.05, 3.63) is 42.0 Å². The number of carbonyl (C=O) groups is 2. The van der Waals surface area contributed by atoms with Gasteiger partial charge >= 0.3 is 18.2 Å². The van der Waals surface area contributed by atoms with Crippen LogP contribution in [0.2, 0.25) is 0 Å². The second-order valence-electron chi connectivity index (χ2n) is 4.30. The number of nitrogens with one attached hydrogen (secondary N) is 1. The third kappa shape index (κ3) is 5.48. The van der Waals surface area contributed by atoms with Crippen LogP contribution in [-0.4, -0.2) is 34.7 Å². The Morgan fingerprint density at radius 1 is 1.17 bits per heavy atom. The Labute approximate surface area is 133 Å². The molecule has 0 radical (unpaired) electrons. The topological polar surface area (TPSA) is 125 Å². The molecule has 5 N–H and O–H groups in total. The van der Waals surface area contributed by atoms with Gasteiger partial charge in [0, 0.05) is 5.39 Å². The van der Waals surface area contributed by atoms with Crippen LogP contribution in [0.25, 0.3) is 10.8 Å². The summed E-state index contributed by atoms with van der Waals surface area (Å²) in [6.07, 6.45) is -4.66. The highest BCUT2D eigenvalue weighted by Crippen LogP contribution is 2.24. The summed E-state index contributed by atoms with van der Waals surface area (Å²) in [5.74, 6) is 2.33. The van der Waals surface area contributed by atoms with Gasteiger partial charge in [0.15, 0.2) is 0 Å². The average Bonchev–Trinajstić information content (AvgIpc) is 2.47. The van der Waals surface area contributed by atoms with E-state index in [0.717, 1.165) is 16.3 Å². The van der Waals surface area contributed by atoms with Gasteiger partial charge in [0.2, 0.25) is 0 Å². The zero-order valence-corrected chi connectivity index (χ0v) is 11.9. The molecule has 2 aromatic carbocycles. The van der Waals surface area contributed by atoms with E-state index in [1.807, 2.05) is 24.3 Å². The molecule has 0 spiro atoms. The van der Waals surface area contributed by atoms with Crippen LogP contribution in [0.15, 0.2) is 41.5 Å². The van der Waals surface area contributed by atoms with Gasteiger partial charge in [-0.1, -0.05) is 24.3 Å². The quantitative estimate of drug-likeness (QED) is 0.379. The van der Waals surface area contributed by atoms with E-state index in [9.17, 15) is 18.0 Å². The van der Waals surface area contributed by atoms with E-state index in [1.54, 1.807) is 12.1 Å². The molecule has 7 nitrogen and oxygen atoms in total. The Kier molecular flexibility index (Phi) is 6.10. The Morgan fingerprint density at radius 3 is 2.29 bits per heavy atom. The van der Waals surface area contributed by atoms with Crippen LogP contribution in [0.1, 0.15) is 5.56 Å². The zero-order chi connectivity index (χ0) is 18.3. The highest BCUT2D eigenvalue weighted by atomic mass is 19.4. The number of hydrogen-bond acceptors (Lipinski definition) is 4. The number of hydrogen-bond donors (Lipinski definition) is 4. The zero-order valence-electron chi connectivity index (χ0n) is 11.9. The van der Waals surface area contributed by atoms with E-state index in [2.05, 4.69) is 10.4 Å². The van der Waals surface area contributed by atoms with Gasteiger partial charge in [-0.3, -0.25) is 5.32 Å². The molecule has 128 valence electrons. The molecule has 0 atom stereocenters. The van der Waals surface area contributed by atoms with E-state index in [-0.39, 0.29) is 0 Å². The molecule has 0 aromatic heterocycles. The maximum Gasteiger partial charge on any atom is 0.490 e. The van der Waals surface area contributed by atoms with Crippen molar-refractivity contribution in [2.75, 3.05) is 5.32 Å². The fourth-order valence-electron chi connectivity index (χ4n) is 1.68. The minimum atomic E-state index is -5.08. The third-order valence-electron chi connectivity index (χ3n) is 2.61. The Hall–Kier alpha value is -3.30. The lowest BCUT2D eigenvalue weighted by atomic mass is 10.1. The second-order valence-corrected chi connectivity index (χ2v) is 4.30. The van der Waals surface area contributed by atoms with Crippen molar-refractivity contribution in [1.29, 1.82) is 0 Å². The van der Waals surface area contributed by atoms with Gasteiger partial charge < -0.3 is 16.1 Å². The number of hydrazone groups is 1. The molecule has 0 saturated heterocycles. The van der Waals surface area contributed by atoms with Crippen molar-refractivity contribution in [2.45, 2.75) is 6.18 Å². The molecule has 1 amide bonds. The number of aliphatic carboxylic acids is 1. The first-order chi connectivity index (χ1) is 11.1. The SMILES string of the molecule is NN=Cc1ccc2cccc(NC(=O)O)c2c1.O=C(O)C(F)(F)F. The van der Waals surface area contributed by atoms with Crippen molar-refractivity contribution in [3.63, 3.8) is 0 Å². The van der Waals surface area contributed by atoms with E-state index in [1.165, 1.54) is 6.21 Å². The number of fused-ring (bicyclic) bond motifs is 1. The molecule has 0 saturated carbocycles. The van der Waals surface area contributed by atoms with Crippen LogP contribution < -0.4 is 11.2 Å². The van der Waals surface area contributed by atoms with Crippen LogP contribution in [0.4, 0.5) is 23.7 Å². The van der Waals surface area contributed by atoms with E-state index in [0.29, 0.717) is 5.69 Å². The van der Waals surface area contributed by atoms with Gasteiger partial charge in [-0.15, -0.1) is 0 Å². The summed E-state index contributed by atoms with van der Waals surface area (Å²) >= 11 is 0. The minimum Gasteiger partial charge on any atom is -0.475 e. The molecule has 2 aromatic rings. The molecule has 0 aliphatic carbocycles. The predicted octanol–water partition coefficient (Wildman–Crippen LogP) is 2.86. The molecule has 0 aliphatic heterocycles. The first kappa shape index (κ1) is 18.7. The second kappa shape index (κ2) is 7.81. The van der Waals surface area contributed by atoms with Crippen molar-refractivity contribution in [2.24, 2.45) is 10.9 Å². The van der Waals surface area contributed by atoms with Crippen LogP contribution in [0.5, 0.6) is 0 Å². The lowest BCUT2D eigenvalue weighted by molar-refractivity contribution is -0.192. The van der Waals surface area contributed by atoms with Crippen molar-refractivity contribution in [3.8, 4) is 0 Å². The monoisotopic (exact) mass is 343 g/mol. The molecule has 0 aliphatic rings. The predicted molar refractivity (Wildman–Crippen MR) is 81.1 cm³/mol. The molecular formula is C14H12F3N3O4. The van der Waals surface area contributed by atoms with E-state index >= 15 is 0 Å². The molecule has 0 unspecified atom stereocenters. The fourth-order valence-corrected chi connectivity index (χ4v) is 1.68. The summed E-state index contributed by atoms with van der Waals surface area (Å²) in [5, 5.41) is 23.4. The smallest absolute Gasteiger partial charge is 0.475 e. The number of carboxylic acid groups (broad SMARTS) is 2. The normalized spacial score (nSPS) is 11.0. The number of nitrogens with two attached hydrogens (primary N) is 1. The number of alkyl halides is 3. The van der Waals surface area contributed by atoms with Crippen molar-refractivity contribution in [1.82, 2.24) is 0 Å². The molecule has 10 heteroatoms. The number of anilines is 1. The summed E-state index contributed by atoms with van der Waals surface area (Å²) in [6, 6.07) is 11.0. The van der Waals surface area contributed by atoms with Gasteiger partial charge in [-0.25, -0.2) is 9.59 Å². The molecule has 2 rings (SSSR count). The van der Waals surface area contributed by atoms with Crippen molar-refractivity contribution < 1.29 is 33.0 Å². The first-order valence-corrected chi connectivity index (χ1v) is 6.21. The lowest BCUT2D eigenvalue weighted by Crippen LogP contribution is -2.21. The largest absolute Gasteiger partial charge is 0.490 e. The first-order valence-electron chi connectivity index (χ1n) is 6.21. The van der Waals surface area contributed by atoms with Gasteiger partial charge in [-0.2, -0.15) is 18.3 Å². The highest BCUT2D eigenvalue weighted by molar-refractivity contribution is 6.01. The average molecular weight is 343 g/mol. The number of halogens is 3. The van der Waals surface area contributed by atoms with Crippen molar-refractivity contribution >= 4 is 34.7 Å². The summed E-state index contributed by atoms with van der Waals surface area (Å²) in [5.41, 5.74) is 1.36. The Balaban J connectivity index is 0.000000351.